The van der Waals surface area contributed by atoms with Crippen LogP contribution in [0.1, 0.15) is 5.69 Å². The van der Waals surface area contributed by atoms with Gasteiger partial charge >= 0.3 is 11.6 Å². The molecule has 1 saturated heterocycles. The Morgan fingerprint density at radius 2 is 2.20 bits per heavy atom. The van der Waals surface area contributed by atoms with E-state index in [0.717, 1.165) is 27.8 Å². The first-order valence-electron chi connectivity index (χ1n) is 13.1. The molecule has 15 nitrogen and oxygen atoms in total. The van der Waals surface area contributed by atoms with Gasteiger partial charge in [0.05, 0.1) is 11.8 Å². The van der Waals surface area contributed by atoms with Crippen LogP contribution in [-0.4, -0.2) is 95.7 Å². The van der Waals surface area contributed by atoms with Crippen molar-refractivity contribution in [3.05, 3.63) is 46.9 Å². The fourth-order valence-electron chi connectivity index (χ4n) is 4.49. The average Bonchev–Trinajstić information content (AvgIpc) is 3.63. The third-order valence-corrected chi connectivity index (χ3v) is 10.1. The summed E-state index contributed by atoms with van der Waals surface area (Å²) in [6, 6.07) is 4.81. The van der Waals surface area contributed by atoms with E-state index < -0.39 is 29.2 Å². The summed E-state index contributed by atoms with van der Waals surface area (Å²) in [7, 11) is 0. The second kappa shape index (κ2) is 14.3. The molecule has 1 fully saturated rings. The lowest BCUT2D eigenvalue weighted by atomic mass is 10.0. The Morgan fingerprint density at radius 1 is 1.36 bits per heavy atom. The Bertz CT molecular complexity index is 1680. The summed E-state index contributed by atoms with van der Waals surface area (Å²) < 4.78 is 3.58. The van der Waals surface area contributed by atoms with E-state index in [4.69, 9.17) is 21.6 Å². The summed E-state index contributed by atoms with van der Waals surface area (Å²) in [4.78, 5) is 49.6. The Balaban J connectivity index is 1.30. The number of carbonyl (C=O) groups excluding carboxylic acids is 2. The second-order valence-electron chi connectivity index (χ2n) is 9.21. The van der Waals surface area contributed by atoms with E-state index in [1.54, 1.807) is 34.1 Å². The summed E-state index contributed by atoms with van der Waals surface area (Å²) in [5.74, 6) is -0.640. The van der Waals surface area contributed by atoms with Gasteiger partial charge in [0.25, 0.3) is 11.8 Å². The van der Waals surface area contributed by atoms with Crippen LogP contribution in [0.15, 0.2) is 51.4 Å². The number of carboxylic acids is 1. The van der Waals surface area contributed by atoms with Gasteiger partial charge in [-0.2, -0.15) is 5.26 Å². The molecule has 3 aromatic rings. The molecule has 0 aromatic carbocycles. The van der Waals surface area contributed by atoms with Crippen LogP contribution in [-0.2, 0) is 25.8 Å². The van der Waals surface area contributed by atoms with E-state index in [1.807, 2.05) is 22.8 Å². The van der Waals surface area contributed by atoms with Crippen LogP contribution in [0.3, 0.4) is 0 Å². The molecule has 6 N–H and O–H groups in total. The van der Waals surface area contributed by atoms with Gasteiger partial charge in [-0.15, -0.1) is 51.1 Å². The summed E-state index contributed by atoms with van der Waals surface area (Å²) in [5, 5.41) is 31.9. The summed E-state index contributed by atoms with van der Waals surface area (Å²) in [5.41, 5.74) is 12.6. The average molecular weight is 676 g/mol. The zero-order valence-corrected chi connectivity index (χ0v) is 26.3. The van der Waals surface area contributed by atoms with Crippen molar-refractivity contribution in [3.63, 3.8) is 0 Å². The molecule has 5 heterocycles. The zero-order valence-electron chi connectivity index (χ0n) is 23.0. The number of aromatic nitrogens is 4. The number of amides is 2. The van der Waals surface area contributed by atoms with Crippen molar-refractivity contribution in [2.45, 2.75) is 23.0 Å². The minimum atomic E-state index is -1.23. The molecule has 2 atom stereocenters. The highest BCUT2D eigenvalue weighted by Gasteiger charge is 2.54. The Kier molecular flexibility index (Phi) is 10.3. The zero-order chi connectivity index (χ0) is 31.2. The topological polar surface area (TPSA) is 218 Å². The molecule has 19 heteroatoms. The second-order valence-corrected chi connectivity index (χ2v) is 13.4. The number of oxime groups is 1. The largest absolute Gasteiger partial charge is 0.477 e. The number of carboxylic acid groups (broad SMARTS) is 1. The number of imidazole rings is 1. The Morgan fingerprint density at radius 3 is 2.93 bits per heavy atom. The van der Waals surface area contributed by atoms with Crippen LogP contribution < -0.4 is 21.4 Å². The van der Waals surface area contributed by atoms with E-state index in [0.29, 0.717) is 29.4 Å². The maximum atomic E-state index is 13.3. The van der Waals surface area contributed by atoms with Gasteiger partial charge in [-0.1, -0.05) is 10.3 Å². The van der Waals surface area contributed by atoms with Gasteiger partial charge in [0, 0.05) is 40.8 Å². The minimum Gasteiger partial charge on any atom is -0.477 e. The summed E-state index contributed by atoms with van der Waals surface area (Å²) >= 11 is 5.37. The molecule has 230 valence electrons. The highest BCUT2D eigenvalue weighted by Crippen LogP contribution is 2.40. The molecule has 3 aromatic heterocycles. The van der Waals surface area contributed by atoms with Gasteiger partial charge in [-0.05, 0) is 6.07 Å². The number of fused-ring (bicyclic) bond motifs is 2. The van der Waals surface area contributed by atoms with Crippen molar-refractivity contribution in [3.8, 4) is 6.07 Å². The molecular formula is C25H27N10O5S4+. The fourth-order valence-corrected chi connectivity index (χ4v) is 7.44. The minimum absolute atomic E-state index is 0.0986. The molecule has 0 radical (unpaired) electrons. The van der Waals surface area contributed by atoms with E-state index in [9.17, 15) is 19.5 Å². The first-order chi connectivity index (χ1) is 21.3. The van der Waals surface area contributed by atoms with Crippen LogP contribution in [0.25, 0.3) is 5.65 Å². The van der Waals surface area contributed by atoms with Crippen LogP contribution >= 0.6 is 46.6 Å². The smallest absolute Gasteiger partial charge is 0.352 e. The molecular weight excluding hydrogens is 649 g/mol. The molecule has 2 amide bonds. The molecule has 5 rings (SSSR count). The predicted octanol–water partition coefficient (Wildman–Crippen LogP) is 0.128. The monoisotopic (exact) mass is 675 g/mol. The third kappa shape index (κ3) is 6.78. The van der Waals surface area contributed by atoms with E-state index in [1.165, 1.54) is 28.4 Å². The van der Waals surface area contributed by atoms with Crippen molar-refractivity contribution < 1.29 is 28.9 Å². The van der Waals surface area contributed by atoms with Gasteiger partial charge in [0.1, 0.15) is 47.2 Å². The fraction of sp³-hybridized carbons (Fsp3) is 0.360. The van der Waals surface area contributed by atoms with Crippen LogP contribution in [0.5, 0.6) is 0 Å². The van der Waals surface area contributed by atoms with Crippen molar-refractivity contribution >= 4 is 80.9 Å². The van der Waals surface area contributed by atoms with Gasteiger partial charge in [-0.25, -0.2) is 14.3 Å². The van der Waals surface area contributed by atoms with Gasteiger partial charge in [0.15, 0.2) is 17.0 Å². The normalized spacial score (nSPS) is 18.1. The van der Waals surface area contributed by atoms with Crippen molar-refractivity contribution in [1.82, 2.24) is 24.8 Å². The number of nitriles is 1. The molecule has 0 bridgehead atoms. The lowest BCUT2D eigenvalue weighted by Crippen LogP contribution is -2.71. The van der Waals surface area contributed by atoms with Gasteiger partial charge < -0.3 is 26.7 Å². The number of nitrogens with one attached hydrogen (secondary N) is 1. The third-order valence-electron chi connectivity index (χ3n) is 6.38. The lowest BCUT2D eigenvalue weighted by Gasteiger charge is -2.49. The number of hydrogen-bond donors (Lipinski definition) is 4. The first kappa shape index (κ1) is 31.6. The number of β-lactam (4-membered cyclic amide) rings is 1. The van der Waals surface area contributed by atoms with E-state index in [-0.39, 0.29) is 35.4 Å². The predicted molar refractivity (Wildman–Crippen MR) is 167 cm³/mol. The summed E-state index contributed by atoms with van der Waals surface area (Å²) in [6.45, 7) is 0.920. The molecule has 2 aliphatic rings. The number of thioether (sulfide) groups is 3. The standard InChI is InChI=1S/C25H26N10O5S4/c26-3-8-41-10-7-40-32-18(15-13-44-25(28)29-15)21(36)30-19-22(37)35-20(24(38)39)14(12-43-23(19)35)11-33-5-6-34-17(33)2-1-16(31-34)42-9-4-27/h1-2,5-6,13,19,23H,4,7-12,27H2,(H3-,28,29,30,36,38,39)/p+1/b32-18-/t19-,23-/m1/s1. The number of aliphatic carboxylic acids is 1. The first-order valence-corrected chi connectivity index (χ1v) is 17.2. The Labute approximate surface area is 267 Å². The number of rotatable bonds is 14. The van der Waals surface area contributed by atoms with Crippen LogP contribution in [0.4, 0.5) is 5.13 Å². The highest BCUT2D eigenvalue weighted by molar-refractivity contribution is 8.00. The van der Waals surface area contributed by atoms with Crippen molar-refractivity contribution in [1.29, 1.82) is 5.26 Å². The molecule has 0 saturated carbocycles. The number of hydrogen-bond acceptors (Lipinski definition) is 14. The van der Waals surface area contributed by atoms with E-state index >= 15 is 0 Å². The number of nitrogens with zero attached hydrogens (tertiary/aromatic N) is 7. The number of thiazole rings is 1. The van der Waals surface area contributed by atoms with Crippen molar-refractivity contribution in [2.75, 3.05) is 41.9 Å². The summed E-state index contributed by atoms with van der Waals surface area (Å²) in [6.07, 6.45) is 3.59. The van der Waals surface area contributed by atoms with Crippen molar-refractivity contribution in [2.24, 2.45) is 10.9 Å². The molecule has 0 spiro atoms. The number of nitrogen functional groups attached to an aromatic ring is 1. The number of carbonyl (C=O) groups is 3. The SMILES string of the molecule is N#CCSCCO/N=C(\C(=O)N[C@@H]1C(=O)N2C(C(=O)O)=C(C[n+]3ccn4nc(SCCN)ccc43)CS[C@H]12)c1csc(N)n1. The molecule has 2 aliphatic heterocycles. The Hall–Kier alpha value is -3.83. The number of anilines is 1. The molecule has 0 aliphatic carbocycles. The maximum Gasteiger partial charge on any atom is 0.352 e. The molecule has 44 heavy (non-hydrogen) atoms. The quantitative estimate of drug-likeness (QED) is 0.0447. The van der Waals surface area contributed by atoms with Gasteiger partial charge in [0.2, 0.25) is 0 Å². The maximum absolute atomic E-state index is 13.3. The van der Waals surface area contributed by atoms with Gasteiger partial charge in [-0.3, -0.25) is 14.5 Å². The highest BCUT2D eigenvalue weighted by atomic mass is 32.2. The molecule has 0 unspecified atom stereocenters. The van der Waals surface area contributed by atoms with Crippen LogP contribution in [0.2, 0.25) is 0 Å². The lowest BCUT2D eigenvalue weighted by molar-refractivity contribution is -0.662. The van der Waals surface area contributed by atoms with E-state index in [2.05, 4.69) is 20.6 Å². The number of nitrogens with two attached hydrogens (primary N) is 2. The van der Waals surface area contributed by atoms with Crippen LogP contribution in [0, 0.1) is 11.3 Å².